The molecular formula is C17H19FN2O2. The minimum absolute atomic E-state index is 0.117. The summed E-state index contributed by atoms with van der Waals surface area (Å²) in [6.07, 6.45) is 4.53. The Hall–Kier alpha value is -2.30. The molecule has 3 rings (SSSR count). The van der Waals surface area contributed by atoms with Crippen molar-refractivity contribution in [2.24, 2.45) is 0 Å². The van der Waals surface area contributed by atoms with Crippen LogP contribution < -0.4 is 10.2 Å². The SMILES string of the molecule is Cc1ccc(F)c(N2CCC(NC(=O)c3ccoc3)CC2)c1. The van der Waals surface area contributed by atoms with Gasteiger partial charge in [-0.15, -0.1) is 0 Å². The number of benzene rings is 1. The monoisotopic (exact) mass is 302 g/mol. The van der Waals surface area contributed by atoms with E-state index in [0.717, 1.165) is 31.5 Å². The zero-order valence-electron chi connectivity index (χ0n) is 12.5. The van der Waals surface area contributed by atoms with Crippen molar-refractivity contribution in [3.8, 4) is 0 Å². The fraction of sp³-hybridized carbons (Fsp3) is 0.353. The van der Waals surface area contributed by atoms with E-state index >= 15 is 0 Å². The van der Waals surface area contributed by atoms with Gasteiger partial charge < -0.3 is 14.6 Å². The average Bonchev–Trinajstić information content (AvgIpc) is 3.05. The van der Waals surface area contributed by atoms with Crippen LogP contribution in [0.3, 0.4) is 0 Å². The van der Waals surface area contributed by atoms with Crippen LogP contribution in [0.15, 0.2) is 41.2 Å². The summed E-state index contributed by atoms with van der Waals surface area (Å²) in [5.74, 6) is -0.305. The topological polar surface area (TPSA) is 45.5 Å². The number of carbonyl (C=O) groups excluding carboxylic acids is 1. The molecule has 22 heavy (non-hydrogen) atoms. The first kappa shape index (κ1) is 14.6. The number of anilines is 1. The maximum absolute atomic E-state index is 13.9. The van der Waals surface area contributed by atoms with Crippen LogP contribution in [0.5, 0.6) is 0 Å². The first-order chi connectivity index (χ1) is 10.6. The molecule has 1 aromatic carbocycles. The molecule has 5 heteroatoms. The van der Waals surface area contributed by atoms with E-state index in [9.17, 15) is 9.18 Å². The predicted octanol–water partition coefficient (Wildman–Crippen LogP) is 3.13. The highest BCUT2D eigenvalue weighted by molar-refractivity contribution is 5.93. The molecule has 116 valence electrons. The van der Waals surface area contributed by atoms with E-state index in [1.165, 1.54) is 18.6 Å². The van der Waals surface area contributed by atoms with Gasteiger partial charge in [0.05, 0.1) is 17.5 Å². The number of halogens is 1. The van der Waals surface area contributed by atoms with Crippen molar-refractivity contribution in [1.29, 1.82) is 0 Å². The molecule has 2 heterocycles. The van der Waals surface area contributed by atoms with Crippen molar-refractivity contribution in [3.63, 3.8) is 0 Å². The Morgan fingerprint density at radius 3 is 2.77 bits per heavy atom. The van der Waals surface area contributed by atoms with E-state index in [1.54, 1.807) is 12.1 Å². The first-order valence-electron chi connectivity index (χ1n) is 7.47. The first-order valence-corrected chi connectivity index (χ1v) is 7.47. The molecule has 1 N–H and O–H groups in total. The number of aryl methyl sites for hydroxylation is 1. The van der Waals surface area contributed by atoms with E-state index in [1.807, 2.05) is 17.9 Å². The third-order valence-corrected chi connectivity index (χ3v) is 4.06. The largest absolute Gasteiger partial charge is 0.472 e. The predicted molar refractivity (Wildman–Crippen MR) is 82.5 cm³/mol. The van der Waals surface area contributed by atoms with E-state index in [2.05, 4.69) is 5.32 Å². The zero-order valence-corrected chi connectivity index (χ0v) is 12.5. The van der Waals surface area contributed by atoms with Gasteiger partial charge in [-0.1, -0.05) is 6.07 Å². The molecule has 0 spiro atoms. The van der Waals surface area contributed by atoms with E-state index in [0.29, 0.717) is 11.3 Å². The Morgan fingerprint density at radius 2 is 2.09 bits per heavy atom. The van der Waals surface area contributed by atoms with Crippen molar-refractivity contribution < 1.29 is 13.6 Å². The lowest BCUT2D eigenvalue weighted by Gasteiger charge is -2.34. The van der Waals surface area contributed by atoms with E-state index in [4.69, 9.17) is 4.42 Å². The van der Waals surface area contributed by atoms with Gasteiger partial charge in [-0.05, 0) is 43.5 Å². The minimum Gasteiger partial charge on any atom is -0.472 e. The molecule has 1 aliphatic rings. The van der Waals surface area contributed by atoms with Gasteiger partial charge in [0.25, 0.3) is 5.91 Å². The molecule has 2 aromatic rings. The van der Waals surface area contributed by atoms with Crippen LogP contribution in [0.2, 0.25) is 0 Å². The fourth-order valence-electron chi connectivity index (χ4n) is 2.79. The number of rotatable bonds is 3. The van der Waals surface area contributed by atoms with Gasteiger partial charge in [-0.25, -0.2) is 4.39 Å². The lowest BCUT2D eigenvalue weighted by Crippen LogP contribution is -2.44. The zero-order chi connectivity index (χ0) is 15.5. The number of furan rings is 1. The number of amides is 1. The standard InChI is InChI=1S/C17H19FN2O2/c1-12-2-3-15(18)16(10-12)20-7-4-14(5-8-20)19-17(21)13-6-9-22-11-13/h2-3,6,9-11,14H,4-5,7-8H2,1H3,(H,19,21). The van der Waals surface area contributed by atoms with Gasteiger partial charge in [0, 0.05) is 19.1 Å². The Kier molecular flexibility index (Phi) is 4.13. The smallest absolute Gasteiger partial charge is 0.254 e. The summed E-state index contributed by atoms with van der Waals surface area (Å²) >= 11 is 0. The molecule has 1 saturated heterocycles. The fourth-order valence-corrected chi connectivity index (χ4v) is 2.79. The minimum atomic E-state index is -0.188. The van der Waals surface area contributed by atoms with Crippen molar-refractivity contribution >= 4 is 11.6 Å². The second-order valence-electron chi connectivity index (χ2n) is 5.70. The summed E-state index contributed by atoms with van der Waals surface area (Å²) < 4.78 is 18.8. The van der Waals surface area contributed by atoms with Crippen molar-refractivity contribution in [1.82, 2.24) is 5.32 Å². The lowest BCUT2D eigenvalue weighted by molar-refractivity contribution is 0.0930. The van der Waals surface area contributed by atoms with Crippen LogP contribution in [0, 0.1) is 12.7 Å². The van der Waals surface area contributed by atoms with Crippen molar-refractivity contribution in [2.45, 2.75) is 25.8 Å². The molecule has 0 atom stereocenters. The highest BCUT2D eigenvalue weighted by atomic mass is 19.1. The van der Waals surface area contributed by atoms with Crippen LogP contribution in [-0.2, 0) is 0 Å². The highest BCUT2D eigenvalue weighted by Crippen LogP contribution is 2.24. The van der Waals surface area contributed by atoms with Crippen molar-refractivity contribution in [3.05, 3.63) is 53.7 Å². The van der Waals surface area contributed by atoms with Gasteiger partial charge in [0.15, 0.2) is 0 Å². The third kappa shape index (κ3) is 3.13. The van der Waals surface area contributed by atoms with Crippen LogP contribution >= 0.6 is 0 Å². The summed E-state index contributed by atoms with van der Waals surface area (Å²) in [7, 11) is 0. The Labute approximate surface area is 128 Å². The summed E-state index contributed by atoms with van der Waals surface area (Å²) in [5.41, 5.74) is 2.23. The number of hydrogen-bond acceptors (Lipinski definition) is 3. The number of piperidine rings is 1. The maximum atomic E-state index is 13.9. The van der Waals surface area contributed by atoms with Crippen LogP contribution in [-0.4, -0.2) is 25.0 Å². The third-order valence-electron chi connectivity index (χ3n) is 4.06. The second-order valence-corrected chi connectivity index (χ2v) is 5.70. The van der Waals surface area contributed by atoms with Gasteiger partial charge in [-0.3, -0.25) is 4.79 Å². The highest BCUT2D eigenvalue weighted by Gasteiger charge is 2.23. The number of nitrogens with zero attached hydrogens (tertiary/aromatic N) is 1. The van der Waals surface area contributed by atoms with Crippen molar-refractivity contribution in [2.75, 3.05) is 18.0 Å². The molecular weight excluding hydrogens is 283 g/mol. The van der Waals surface area contributed by atoms with Crippen LogP contribution in [0.25, 0.3) is 0 Å². The molecule has 0 bridgehead atoms. The quantitative estimate of drug-likeness (QED) is 0.947. The molecule has 1 aromatic heterocycles. The number of hydrogen-bond donors (Lipinski definition) is 1. The lowest BCUT2D eigenvalue weighted by atomic mass is 10.0. The van der Waals surface area contributed by atoms with Crippen LogP contribution in [0.1, 0.15) is 28.8 Å². The second kappa shape index (κ2) is 6.22. The van der Waals surface area contributed by atoms with E-state index in [-0.39, 0.29) is 17.8 Å². The molecule has 1 fully saturated rings. The molecule has 4 nitrogen and oxygen atoms in total. The normalized spacial score (nSPS) is 15.8. The Morgan fingerprint density at radius 1 is 1.32 bits per heavy atom. The van der Waals surface area contributed by atoms with Gasteiger partial charge in [-0.2, -0.15) is 0 Å². The van der Waals surface area contributed by atoms with Crippen LogP contribution in [0.4, 0.5) is 10.1 Å². The summed E-state index contributed by atoms with van der Waals surface area (Å²) in [4.78, 5) is 14.0. The molecule has 0 aliphatic carbocycles. The van der Waals surface area contributed by atoms with Gasteiger partial charge >= 0.3 is 0 Å². The summed E-state index contributed by atoms with van der Waals surface area (Å²) in [6.45, 7) is 3.42. The van der Waals surface area contributed by atoms with E-state index < -0.39 is 0 Å². The Bertz CT molecular complexity index is 647. The average molecular weight is 302 g/mol. The van der Waals surface area contributed by atoms with Gasteiger partial charge in [0.1, 0.15) is 12.1 Å². The molecule has 1 aliphatic heterocycles. The number of nitrogens with one attached hydrogen (secondary N) is 1. The maximum Gasteiger partial charge on any atom is 0.254 e. The Balaban J connectivity index is 1.58. The molecule has 0 radical (unpaired) electrons. The molecule has 1 amide bonds. The summed E-state index contributed by atoms with van der Waals surface area (Å²) in [6, 6.07) is 6.92. The summed E-state index contributed by atoms with van der Waals surface area (Å²) in [5, 5.41) is 3.00. The molecule has 0 unspecified atom stereocenters. The number of carbonyl (C=O) groups is 1. The molecule has 0 saturated carbocycles. The van der Waals surface area contributed by atoms with Gasteiger partial charge in [0.2, 0.25) is 0 Å².